The molecular weight excluding hydrogens is 420 g/mol. The number of hydrogen-bond acceptors (Lipinski definition) is 4. The molecule has 1 saturated heterocycles. The zero-order valence-corrected chi connectivity index (χ0v) is 18.6. The number of carbonyl (C=O) groups is 2. The van der Waals surface area contributed by atoms with Gasteiger partial charge >= 0.3 is 0 Å². The van der Waals surface area contributed by atoms with Gasteiger partial charge < -0.3 is 15.1 Å². The van der Waals surface area contributed by atoms with Crippen LogP contribution in [0.25, 0.3) is 0 Å². The molecule has 2 aromatic rings. The van der Waals surface area contributed by atoms with E-state index in [1.165, 1.54) is 0 Å². The van der Waals surface area contributed by atoms with Crippen LogP contribution in [-0.2, 0) is 4.79 Å². The van der Waals surface area contributed by atoms with Crippen LogP contribution in [0.5, 0.6) is 0 Å². The highest BCUT2D eigenvalue weighted by Gasteiger charge is 2.22. The molecule has 0 aromatic heterocycles. The Balaban J connectivity index is 1.70. The van der Waals surface area contributed by atoms with E-state index >= 15 is 0 Å². The second kappa shape index (κ2) is 9.91. The average Bonchev–Trinajstić information content (AvgIpc) is 2.73. The number of piperazine rings is 1. The fraction of sp³-hybridized carbons (Fsp3) is 0.318. The molecule has 0 radical (unpaired) electrons. The molecule has 1 heterocycles. The Hall–Kier alpha value is -2.64. The summed E-state index contributed by atoms with van der Waals surface area (Å²) >= 11 is 11.6. The fourth-order valence-electron chi connectivity index (χ4n) is 3.46. The van der Waals surface area contributed by atoms with Crippen LogP contribution >= 0.6 is 23.8 Å². The van der Waals surface area contributed by atoms with Gasteiger partial charge in [0.15, 0.2) is 5.11 Å². The minimum atomic E-state index is -0.263. The Kier molecular flexibility index (Phi) is 7.29. The van der Waals surface area contributed by atoms with Crippen LogP contribution in [0, 0.1) is 6.92 Å². The number of thiocarbonyl (C=S) groups is 1. The van der Waals surface area contributed by atoms with Crippen molar-refractivity contribution in [3.63, 3.8) is 0 Å². The molecule has 1 aliphatic rings. The standard InChI is InChI=1S/C22H25ClN4O2S/c1-3-20(28)27-12-10-26(11-13-27)19-9-8-16(23)14-18(19)24-22(30)25-21(29)17-7-5-4-6-15(17)2/h4-9,14H,3,10-13H2,1-2H3,(H2,24,25,29,30). The van der Waals surface area contributed by atoms with Gasteiger partial charge in [0.1, 0.15) is 0 Å². The lowest BCUT2D eigenvalue weighted by molar-refractivity contribution is -0.131. The van der Waals surface area contributed by atoms with E-state index in [9.17, 15) is 9.59 Å². The summed E-state index contributed by atoms with van der Waals surface area (Å²) in [5, 5.41) is 6.60. The monoisotopic (exact) mass is 444 g/mol. The first-order chi connectivity index (χ1) is 14.4. The summed E-state index contributed by atoms with van der Waals surface area (Å²) in [4.78, 5) is 28.5. The number of aryl methyl sites for hydroxylation is 1. The van der Waals surface area contributed by atoms with Gasteiger partial charge in [-0.3, -0.25) is 14.9 Å². The molecule has 158 valence electrons. The number of halogens is 1. The summed E-state index contributed by atoms with van der Waals surface area (Å²) in [6.07, 6.45) is 0.516. The van der Waals surface area contributed by atoms with Crippen molar-refractivity contribution in [1.82, 2.24) is 10.2 Å². The second-order valence-corrected chi connectivity index (χ2v) is 7.95. The Morgan fingerprint density at radius 1 is 1.10 bits per heavy atom. The maximum absolute atomic E-state index is 12.5. The molecule has 6 nitrogen and oxygen atoms in total. The molecule has 2 N–H and O–H groups in total. The molecule has 2 amide bonds. The van der Waals surface area contributed by atoms with Crippen molar-refractivity contribution in [2.75, 3.05) is 36.4 Å². The molecule has 8 heteroatoms. The molecule has 0 bridgehead atoms. The van der Waals surface area contributed by atoms with E-state index in [2.05, 4.69) is 15.5 Å². The van der Waals surface area contributed by atoms with E-state index in [0.29, 0.717) is 48.9 Å². The van der Waals surface area contributed by atoms with Gasteiger partial charge in [-0.25, -0.2) is 0 Å². The third-order valence-electron chi connectivity index (χ3n) is 5.10. The van der Waals surface area contributed by atoms with Crippen molar-refractivity contribution >= 4 is 52.1 Å². The highest BCUT2D eigenvalue weighted by molar-refractivity contribution is 7.80. The largest absolute Gasteiger partial charge is 0.366 e. The van der Waals surface area contributed by atoms with E-state index in [0.717, 1.165) is 11.3 Å². The Morgan fingerprint density at radius 3 is 2.47 bits per heavy atom. The SMILES string of the molecule is CCC(=O)N1CCN(c2ccc(Cl)cc2NC(=S)NC(=O)c2ccccc2C)CC1. The molecule has 30 heavy (non-hydrogen) atoms. The van der Waals surface area contributed by atoms with Crippen molar-refractivity contribution < 1.29 is 9.59 Å². The van der Waals surface area contributed by atoms with Crippen molar-refractivity contribution in [3.8, 4) is 0 Å². The van der Waals surface area contributed by atoms with Crippen molar-refractivity contribution in [3.05, 3.63) is 58.6 Å². The number of benzene rings is 2. The maximum Gasteiger partial charge on any atom is 0.257 e. The van der Waals surface area contributed by atoms with Gasteiger partial charge in [-0.05, 0) is 49.0 Å². The van der Waals surface area contributed by atoms with Crippen molar-refractivity contribution in [1.29, 1.82) is 0 Å². The predicted molar refractivity (Wildman–Crippen MR) is 125 cm³/mol. The van der Waals surface area contributed by atoms with E-state index < -0.39 is 0 Å². The highest BCUT2D eigenvalue weighted by atomic mass is 35.5. The zero-order valence-electron chi connectivity index (χ0n) is 17.1. The molecule has 1 aliphatic heterocycles. The third kappa shape index (κ3) is 5.29. The van der Waals surface area contributed by atoms with Crippen molar-refractivity contribution in [2.24, 2.45) is 0 Å². The number of hydrogen-bond donors (Lipinski definition) is 2. The quantitative estimate of drug-likeness (QED) is 0.701. The van der Waals surface area contributed by atoms with Crippen LogP contribution in [0.3, 0.4) is 0 Å². The number of rotatable bonds is 4. The van der Waals surface area contributed by atoms with E-state index in [1.807, 2.05) is 49.1 Å². The van der Waals surface area contributed by atoms with E-state index in [1.54, 1.807) is 12.1 Å². The molecule has 2 aromatic carbocycles. The Labute approximate surface area is 187 Å². The number of amides is 2. The Bertz CT molecular complexity index is 958. The first-order valence-corrected chi connectivity index (χ1v) is 10.7. The summed E-state index contributed by atoms with van der Waals surface area (Å²) in [5.74, 6) is -0.0925. The molecule has 1 fully saturated rings. The lowest BCUT2D eigenvalue weighted by Crippen LogP contribution is -2.48. The zero-order chi connectivity index (χ0) is 21.7. The van der Waals surface area contributed by atoms with Gasteiger partial charge in [-0.2, -0.15) is 0 Å². The van der Waals surface area contributed by atoms with Gasteiger partial charge in [0.2, 0.25) is 5.91 Å². The molecule has 0 aliphatic carbocycles. The van der Waals surface area contributed by atoms with Gasteiger partial charge in [0.05, 0.1) is 11.4 Å². The normalized spacial score (nSPS) is 13.7. The molecule has 3 rings (SSSR count). The smallest absolute Gasteiger partial charge is 0.257 e. The van der Waals surface area contributed by atoms with Gasteiger partial charge in [-0.15, -0.1) is 0 Å². The second-order valence-electron chi connectivity index (χ2n) is 7.11. The predicted octanol–water partition coefficient (Wildman–Crippen LogP) is 3.83. The average molecular weight is 445 g/mol. The first kappa shape index (κ1) is 22.1. The van der Waals surface area contributed by atoms with Gasteiger partial charge in [0, 0.05) is 43.2 Å². The van der Waals surface area contributed by atoms with Gasteiger partial charge in [-0.1, -0.05) is 36.7 Å². The highest BCUT2D eigenvalue weighted by Crippen LogP contribution is 2.30. The molecule has 0 spiro atoms. The topological polar surface area (TPSA) is 64.7 Å². The number of nitrogens with one attached hydrogen (secondary N) is 2. The first-order valence-electron chi connectivity index (χ1n) is 9.89. The lowest BCUT2D eigenvalue weighted by atomic mass is 10.1. The van der Waals surface area contributed by atoms with Crippen LogP contribution in [0.1, 0.15) is 29.3 Å². The van der Waals surface area contributed by atoms with Crippen LogP contribution < -0.4 is 15.5 Å². The van der Waals surface area contributed by atoms with Crippen LogP contribution in [0.2, 0.25) is 5.02 Å². The van der Waals surface area contributed by atoms with Crippen molar-refractivity contribution in [2.45, 2.75) is 20.3 Å². The van der Waals surface area contributed by atoms with Gasteiger partial charge in [0.25, 0.3) is 5.91 Å². The molecular formula is C22H25ClN4O2S. The Morgan fingerprint density at radius 2 is 1.80 bits per heavy atom. The summed E-state index contributed by atoms with van der Waals surface area (Å²) < 4.78 is 0. The number of anilines is 2. The summed E-state index contributed by atoms with van der Waals surface area (Å²) in [7, 11) is 0. The summed E-state index contributed by atoms with van der Waals surface area (Å²) in [5.41, 5.74) is 3.09. The molecule has 0 unspecified atom stereocenters. The maximum atomic E-state index is 12.5. The summed E-state index contributed by atoms with van der Waals surface area (Å²) in [6, 6.07) is 12.9. The van der Waals surface area contributed by atoms with E-state index in [-0.39, 0.29) is 16.9 Å². The number of nitrogens with zero attached hydrogens (tertiary/aromatic N) is 2. The van der Waals surface area contributed by atoms with Crippen LogP contribution in [-0.4, -0.2) is 48.0 Å². The van der Waals surface area contributed by atoms with E-state index in [4.69, 9.17) is 23.8 Å². The summed E-state index contributed by atoms with van der Waals surface area (Å²) in [6.45, 7) is 6.52. The minimum absolute atomic E-state index is 0.171. The molecule has 0 atom stereocenters. The van der Waals surface area contributed by atoms with Crippen LogP contribution in [0.4, 0.5) is 11.4 Å². The third-order valence-corrected chi connectivity index (χ3v) is 5.54. The number of carbonyl (C=O) groups excluding carboxylic acids is 2. The molecule has 0 saturated carbocycles. The lowest BCUT2D eigenvalue weighted by Gasteiger charge is -2.37. The van der Waals surface area contributed by atoms with Crippen LogP contribution in [0.15, 0.2) is 42.5 Å². The minimum Gasteiger partial charge on any atom is -0.366 e. The fourth-order valence-corrected chi connectivity index (χ4v) is 3.83.